The Balaban J connectivity index is 1.65. The quantitative estimate of drug-likeness (QED) is 0.206. The predicted molar refractivity (Wildman–Crippen MR) is 133 cm³/mol. The first-order chi connectivity index (χ1) is 17.1. The summed E-state index contributed by atoms with van der Waals surface area (Å²) in [5.74, 6) is 1.33. The van der Waals surface area contributed by atoms with Crippen LogP contribution in [0.3, 0.4) is 0 Å². The molecule has 4 aromatic rings. The van der Waals surface area contributed by atoms with Crippen LogP contribution in [0, 0.1) is 13.8 Å². The van der Waals surface area contributed by atoms with Gasteiger partial charge in [-0.1, -0.05) is 0 Å². The number of benzene rings is 3. The Kier molecular flexibility index (Phi) is 7.03. The van der Waals surface area contributed by atoms with Crippen LogP contribution < -0.4 is 34.9 Å². The third-order valence-corrected chi connectivity index (χ3v) is 8.50. The Morgan fingerprint density at radius 3 is 2.46 bits per heavy atom. The van der Waals surface area contributed by atoms with E-state index in [0.29, 0.717) is 16.7 Å². The minimum absolute atomic E-state index is 0.0468. The Labute approximate surface area is 214 Å². The van der Waals surface area contributed by atoms with Crippen molar-refractivity contribution in [2.24, 2.45) is 0 Å². The topological polar surface area (TPSA) is 76.8 Å². The van der Waals surface area contributed by atoms with Gasteiger partial charge in [-0.05, 0) is 0 Å². The van der Waals surface area contributed by atoms with E-state index in [1.807, 2.05) is 62.4 Å². The number of fused-ring (bicyclic) bond motifs is 1. The zero-order chi connectivity index (χ0) is 24.4. The molecule has 0 aliphatic carbocycles. The first kappa shape index (κ1) is 23.8. The number of aliphatic hydroxyl groups is 1. The van der Waals surface area contributed by atoms with E-state index in [2.05, 4.69) is 15.2 Å². The second-order valence-corrected chi connectivity index (χ2v) is 10.8. The summed E-state index contributed by atoms with van der Waals surface area (Å²) in [4.78, 5) is 18.7. The van der Waals surface area contributed by atoms with E-state index in [1.54, 1.807) is 4.57 Å². The molecule has 35 heavy (non-hydrogen) atoms. The van der Waals surface area contributed by atoms with E-state index in [-0.39, 0.29) is 40.3 Å². The smallest absolute Gasteiger partial charge is 0.393 e. The Morgan fingerprint density at radius 2 is 1.77 bits per heavy atom. The summed E-state index contributed by atoms with van der Waals surface area (Å²) in [7, 11) is 0. The molecule has 8 heteroatoms. The van der Waals surface area contributed by atoms with Crippen molar-refractivity contribution in [1.29, 1.82) is 0 Å². The van der Waals surface area contributed by atoms with E-state index >= 15 is 0 Å². The van der Waals surface area contributed by atoms with Gasteiger partial charge in [0.1, 0.15) is 6.61 Å². The molecule has 0 spiro atoms. The van der Waals surface area contributed by atoms with Gasteiger partial charge in [0.25, 0.3) is 0 Å². The molecule has 1 aliphatic rings. The molecule has 0 saturated carbocycles. The first-order valence-electron chi connectivity index (χ1n) is 11.5. The van der Waals surface area contributed by atoms with Gasteiger partial charge in [-0.15, -0.1) is 0 Å². The summed E-state index contributed by atoms with van der Waals surface area (Å²) in [6.45, 7) is 5.77. The van der Waals surface area contributed by atoms with Gasteiger partial charge < -0.3 is 5.11 Å². The fourth-order valence-corrected chi connectivity index (χ4v) is 6.43. The number of aromatic nitrogens is 2. The molecule has 0 radical (unpaired) electrons. The van der Waals surface area contributed by atoms with Crippen LogP contribution in [0.4, 0.5) is 5.69 Å². The molecule has 182 valence electrons. The minimum Gasteiger partial charge on any atom is -0.393 e. The number of aliphatic hydroxyl groups excluding tert-OH is 1. The van der Waals surface area contributed by atoms with Crippen molar-refractivity contribution in [3.05, 3.63) is 82.1 Å². The molecule has 0 amide bonds. The van der Waals surface area contributed by atoms with Crippen LogP contribution in [-0.2, 0) is 4.74 Å². The monoisotopic (exact) mass is 584 g/mol. The number of halogens is 1. The molecule has 0 atom stereocenters. The van der Waals surface area contributed by atoms with Crippen LogP contribution in [0.1, 0.15) is 11.1 Å². The van der Waals surface area contributed by atoms with Gasteiger partial charge in [-0.25, -0.2) is 0 Å². The number of rotatable bonds is 6. The summed E-state index contributed by atoms with van der Waals surface area (Å²) >= 11 is -0.181. The Hall–Kier alpha value is -2.95. The van der Waals surface area contributed by atoms with Crippen molar-refractivity contribution in [2.75, 3.05) is 34.1 Å². The number of nitrogens with zero attached hydrogens (tertiary/aromatic N) is 3. The molecular formula is C27H27IN3O4-. The second-order valence-electron chi connectivity index (χ2n) is 8.34. The number of hydrogen-bond acceptors (Lipinski definition) is 6. The van der Waals surface area contributed by atoms with Crippen molar-refractivity contribution in [1.82, 2.24) is 9.55 Å². The Morgan fingerprint density at radius 1 is 1.06 bits per heavy atom. The SMILES string of the molecule is Cc1cc(-c2nc3ccccc3c(=O)n2-c2ccc(N3CCOC[I-]3)cc2)cc(C)c1OCCO. The first-order valence-corrected chi connectivity index (χ1v) is 14.0. The van der Waals surface area contributed by atoms with E-state index in [9.17, 15) is 4.79 Å². The summed E-state index contributed by atoms with van der Waals surface area (Å²) in [6.07, 6.45) is 0. The Bertz CT molecular complexity index is 1390. The van der Waals surface area contributed by atoms with Crippen LogP contribution in [0.15, 0.2) is 65.5 Å². The summed E-state index contributed by atoms with van der Waals surface area (Å²) < 4.78 is 16.2. The van der Waals surface area contributed by atoms with Crippen molar-refractivity contribution in [2.45, 2.75) is 13.8 Å². The summed E-state index contributed by atoms with van der Waals surface area (Å²) in [5, 5.41) is 9.74. The zero-order valence-electron chi connectivity index (χ0n) is 19.7. The molecule has 1 aromatic heterocycles. The van der Waals surface area contributed by atoms with Gasteiger partial charge in [0.2, 0.25) is 0 Å². The number of anilines is 1. The molecule has 0 bridgehead atoms. The summed E-state index contributed by atoms with van der Waals surface area (Å²) in [5.41, 5.74) is 5.17. The average molecular weight is 584 g/mol. The molecule has 3 aromatic carbocycles. The number of ether oxygens (including phenoxy) is 2. The molecule has 7 nitrogen and oxygen atoms in total. The van der Waals surface area contributed by atoms with E-state index in [4.69, 9.17) is 19.6 Å². The van der Waals surface area contributed by atoms with Gasteiger partial charge in [0.05, 0.1) is 6.61 Å². The predicted octanol–water partition coefficient (Wildman–Crippen LogP) is 0.839. The van der Waals surface area contributed by atoms with Gasteiger partial charge in [0, 0.05) is 0 Å². The second kappa shape index (κ2) is 10.3. The van der Waals surface area contributed by atoms with Gasteiger partial charge in [-0.2, -0.15) is 0 Å². The van der Waals surface area contributed by atoms with Crippen LogP contribution in [-0.4, -0.2) is 45.6 Å². The molecule has 5 rings (SSSR count). The van der Waals surface area contributed by atoms with Crippen molar-refractivity contribution in [3.63, 3.8) is 0 Å². The standard InChI is InChI=1S/C27H27IN3O4/c1-18-15-20(16-19(2)25(18)35-14-12-32)26-29-24-6-4-3-5-23(24)27(33)31(26)22-9-7-21(8-10-22)30-11-13-34-17-28-30/h3-10,15-16,32H,11-14,17H2,1-2H3/q-1. The van der Waals surface area contributed by atoms with Gasteiger partial charge >= 0.3 is 197 Å². The van der Waals surface area contributed by atoms with E-state index in [0.717, 1.165) is 51.6 Å². The third-order valence-electron chi connectivity index (χ3n) is 5.92. The van der Waals surface area contributed by atoms with Gasteiger partial charge in [-0.3, -0.25) is 0 Å². The molecular weight excluding hydrogens is 557 g/mol. The molecule has 1 aliphatic heterocycles. The molecule has 1 fully saturated rings. The maximum absolute atomic E-state index is 13.7. The van der Waals surface area contributed by atoms with Crippen LogP contribution in [0.25, 0.3) is 28.0 Å². The van der Waals surface area contributed by atoms with Crippen molar-refractivity contribution in [3.8, 4) is 22.8 Å². The van der Waals surface area contributed by atoms with Crippen molar-refractivity contribution < 1.29 is 36.1 Å². The number of hydrogen-bond donors (Lipinski definition) is 1. The molecule has 1 saturated heterocycles. The van der Waals surface area contributed by atoms with Crippen LogP contribution in [0.5, 0.6) is 5.75 Å². The number of para-hydroxylation sites is 1. The van der Waals surface area contributed by atoms with Crippen LogP contribution in [0.2, 0.25) is 0 Å². The van der Waals surface area contributed by atoms with E-state index in [1.165, 1.54) is 0 Å². The van der Waals surface area contributed by atoms with Gasteiger partial charge in [0.15, 0.2) is 0 Å². The normalized spacial score (nSPS) is 14.1. The van der Waals surface area contributed by atoms with Crippen molar-refractivity contribution >= 4 is 16.6 Å². The minimum atomic E-state index is -0.181. The molecule has 2 heterocycles. The third kappa shape index (κ3) is 4.78. The number of alkyl halides is 1. The molecule has 0 unspecified atom stereocenters. The maximum atomic E-state index is 13.7. The van der Waals surface area contributed by atoms with E-state index < -0.39 is 0 Å². The average Bonchev–Trinajstić information content (AvgIpc) is 2.89. The zero-order valence-corrected chi connectivity index (χ0v) is 21.9. The number of aryl methyl sites for hydroxylation is 2. The van der Waals surface area contributed by atoms with Crippen LogP contribution >= 0.6 is 0 Å². The summed E-state index contributed by atoms with van der Waals surface area (Å²) in [6, 6.07) is 19.6. The fourth-order valence-electron chi connectivity index (χ4n) is 4.33. The molecule has 1 N–H and O–H groups in total. The fraction of sp³-hybridized carbons (Fsp3) is 0.259.